The van der Waals surface area contributed by atoms with Crippen LogP contribution < -0.4 is 16.2 Å². The maximum absolute atomic E-state index is 12.4. The molecule has 2 heterocycles. The molecule has 0 bridgehead atoms. The van der Waals surface area contributed by atoms with Crippen molar-refractivity contribution in [3.05, 3.63) is 70.3 Å². The molecule has 2 N–H and O–H groups in total. The average Bonchev–Trinajstić information content (AvgIpc) is 2.68. The molecule has 2 aromatic heterocycles. The fourth-order valence-corrected chi connectivity index (χ4v) is 3.20. The van der Waals surface area contributed by atoms with Gasteiger partial charge in [0, 0.05) is 36.6 Å². The lowest BCUT2D eigenvalue weighted by atomic mass is 10.2. The zero-order chi connectivity index (χ0) is 21.7. The van der Waals surface area contributed by atoms with E-state index in [1.165, 1.54) is 13.0 Å². The smallest absolute Gasteiger partial charge is 0.258 e. The summed E-state index contributed by atoms with van der Waals surface area (Å²) in [6.45, 7) is 6.44. The first kappa shape index (κ1) is 21.2. The van der Waals surface area contributed by atoms with Gasteiger partial charge < -0.3 is 10.6 Å². The van der Waals surface area contributed by atoms with Crippen molar-refractivity contribution in [2.24, 2.45) is 0 Å². The van der Waals surface area contributed by atoms with Crippen molar-refractivity contribution in [2.45, 2.75) is 27.3 Å². The molecule has 8 nitrogen and oxygen atoms in total. The molecule has 2 amide bonds. The summed E-state index contributed by atoms with van der Waals surface area (Å²) < 4.78 is 1.57. The lowest BCUT2D eigenvalue weighted by molar-refractivity contribution is -0.117. The Kier molecular flexibility index (Phi) is 6.58. The molecule has 0 saturated carbocycles. The van der Waals surface area contributed by atoms with Crippen LogP contribution in [0.25, 0.3) is 5.65 Å². The lowest BCUT2D eigenvalue weighted by Crippen LogP contribution is -2.33. The van der Waals surface area contributed by atoms with Crippen molar-refractivity contribution in [3.8, 4) is 0 Å². The standard InChI is InChI=1S/C22H25N5O3/c1-4-26(13-19-12-22(30)27-15(2)6-5-7-20(27)24-19)14-21(29)25-18-10-8-17(9-11-18)23-16(3)28/h5-12H,4,13-14H2,1-3H3,(H,23,28)(H,25,29). The molecule has 0 saturated heterocycles. The number of benzene rings is 1. The van der Waals surface area contributed by atoms with Crippen LogP contribution in [0.1, 0.15) is 25.2 Å². The lowest BCUT2D eigenvalue weighted by Gasteiger charge is -2.19. The minimum absolute atomic E-state index is 0.132. The third kappa shape index (κ3) is 5.30. The number of hydrogen-bond acceptors (Lipinski definition) is 5. The average molecular weight is 407 g/mol. The van der Waals surface area contributed by atoms with Gasteiger partial charge in [0.1, 0.15) is 5.65 Å². The van der Waals surface area contributed by atoms with Gasteiger partial charge in [0.05, 0.1) is 12.2 Å². The van der Waals surface area contributed by atoms with Crippen molar-refractivity contribution in [3.63, 3.8) is 0 Å². The summed E-state index contributed by atoms with van der Waals surface area (Å²) >= 11 is 0. The van der Waals surface area contributed by atoms with Crippen LogP contribution in [0.4, 0.5) is 11.4 Å². The SMILES string of the molecule is CCN(CC(=O)Nc1ccc(NC(C)=O)cc1)Cc1cc(=O)n2c(C)cccc2n1. The van der Waals surface area contributed by atoms with E-state index in [4.69, 9.17) is 0 Å². The normalized spacial score (nSPS) is 10.9. The van der Waals surface area contributed by atoms with Gasteiger partial charge >= 0.3 is 0 Å². The Balaban J connectivity index is 1.65. The molecule has 0 radical (unpaired) electrons. The predicted octanol–water partition coefficient (Wildman–Crippen LogP) is 2.42. The molecule has 0 aliphatic rings. The van der Waals surface area contributed by atoms with Gasteiger partial charge in [-0.1, -0.05) is 13.0 Å². The van der Waals surface area contributed by atoms with Crippen molar-refractivity contribution in [1.82, 2.24) is 14.3 Å². The molecule has 3 rings (SSSR count). The highest BCUT2D eigenvalue weighted by Gasteiger charge is 2.12. The number of carbonyl (C=O) groups is 2. The zero-order valence-corrected chi connectivity index (χ0v) is 17.3. The summed E-state index contributed by atoms with van der Waals surface area (Å²) in [6, 6.07) is 13.9. The predicted molar refractivity (Wildman–Crippen MR) is 117 cm³/mol. The summed E-state index contributed by atoms with van der Waals surface area (Å²) in [6.07, 6.45) is 0. The Morgan fingerprint density at radius 3 is 2.37 bits per heavy atom. The summed E-state index contributed by atoms with van der Waals surface area (Å²) in [7, 11) is 0. The van der Waals surface area contributed by atoms with E-state index in [9.17, 15) is 14.4 Å². The van der Waals surface area contributed by atoms with Crippen molar-refractivity contribution in [1.29, 1.82) is 0 Å². The molecule has 156 valence electrons. The van der Waals surface area contributed by atoms with Gasteiger partial charge in [0.25, 0.3) is 5.56 Å². The molecule has 0 unspecified atom stereocenters. The number of aromatic nitrogens is 2. The van der Waals surface area contributed by atoms with E-state index in [1.54, 1.807) is 34.7 Å². The number of hydrogen-bond donors (Lipinski definition) is 2. The molecule has 0 aliphatic carbocycles. The monoisotopic (exact) mass is 407 g/mol. The molecule has 1 aromatic carbocycles. The van der Waals surface area contributed by atoms with E-state index < -0.39 is 0 Å². The van der Waals surface area contributed by atoms with Gasteiger partial charge in [-0.05, 0) is 49.9 Å². The van der Waals surface area contributed by atoms with E-state index in [0.717, 1.165) is 5.69 Å². The molecule has 8 heteroatoms. The second kappa shape index (κ2) is 9.32. The topological polar surface area (TPSA) is 95.8 Å². The number of carbonyl (C=O) groups excluding carboxylic acids is 2. The van der Waals surface area contributed by atoms with E-state index in [1.807, 2.05) is 30.9 Å². The molecule has 0 aliphatic heterocycles. The third-order valence-electron chi connectivity index (χ3n) is 4.62. The third-order valence-corrected chi connectivity index (χ3v) is 4.62. The van der Waals surface area contributed by atoms with Gasteiger partial charge in [0.2, 0.25) is 11.8 Å². The quantitative estimate of drug-likeness (QED) is 0.627. The second-order valence-electron chi connectivity index (χ2n) is 7.06. The first-order valence-electron chi connectivity index (χ1n) is 9.74. The number of nitrogens with zero attached hydrogens (tertiary/aromatic N) is 3. The van der Waals surface area contributed by atoms with Crippen molar-refractivity contribution in [2.75, 3.05) is 23.7 Å². The first-order chi connectivity index (χ1) is 14.4. The van der Waals surface area contributed by atoms with E-state index >= 15 is 0 Å². The maximum atomic E-state index is 12.4. The number of amides is 2. The molecule has 30 heavy (non-hydrogen) atoms. The molecule has 0 atom stereocenters. The van der Waals surface area contributed by atoms with E-state index in [2.05, 4.69) is 15.6 Å². The Labute approximate surface area is 174 Å². The number of rotatable bonds is 7. The first-order valence-corrected chi connectivity index (χ1v) is 9.74. The molecular weight excluding hydrogens is 382 g/mol. The highest BCUT2D eigenvalue weighted by molar-refractivity contribution is 5.93. The Bertz CT molecular complexity index is 1120. The highest BCUT2D eigenvalue weighted by Crippen LogP contribution is 2.13. The van der Waals surface area contributed by atoms with Crippen LogP contribution in [-0.4, -0.2) is 39.2 Å². The fourth-order valence-electron chi connectivity index (χ4n) is 3.20. The van der Waals surface area contributed by atoms with Gasteiger partial charge in [-0.15, -0.1) is 0 Å². The number of anilines is 2. The van der Waals surface area contributed by atoms with Gasteiger partial charge in [-0.25, -0.2) is 4.98 Å². The van der Waals surface area contributed by atoms with E-state index in [0.29, 0.717) is 35.8 Å². The number of aryl methyl sites for hydroxylation is 1. The molecular formula is C22H25N5O3. The zero-order valence-electron chi connectivity index (χ0n) is 17.3. The second-order valence-corrected chi connectivity index (χ2v) is 7.06. The largest absolute Gasteiger partial charge is 0.326 e. The van der Waals surface area contributed by atoms with Crippen LogP contribution in [-0.2, 0) is 16.1 Å². The van der Waals surface area contributed by atoms with E-state index in [-0.39, 0.29) is 23.9 Å². The maximum Gasteiger partial charge on any atom is 0.258 e. The van der Waals surface area contributed by atoms with Gasteiger partial charge in [-0.3, -0.25) is 23.7 Å². The highest BCUT2D eigenvalue weighted by atomic mass is 16.2. The van der Waals surface area contributed by atoms with Crippen LogP contribution >= 0.6 is 0 Å². The Morgan fingerprint density at radius 2 is 1.73 bits per heavy atom. The Morgan fingerprint density at radius 1 is 1.07 bits per heavy atom. The van der Waals surface area contributed by atoms with Crippen LogP contribution in [0.3, 0.4) is 0 Å². The summed E-state index contributed by atoms with van der Waals surface area (Å²) in [5.41, 5.74) is 3.22. The summed E-state index contributed by atoms with van der Waals surface area (Å²) in [4.78, 5) is 42.5. The molecule has 0 spiro atoms. The van der Waals surface area contributed by atoms with Crippen LogP contribution in [0.15, 0.2) is 53.3 Å². The van der Waals surface area contributed by atoms with Crippen LogP contribution in [0.2, 0.25) is 0 Å². The van der Waals surface area contributed by atoms with Crippen LogP contribution in [0.5, 0.6) is 0 Å². The van der Waals surface area contributed by atoms with Crippen LogP contribution in [0, 0.1) is 6.92 Å². The minimum atomic E-state index is -0.169. The molecule has 0 fully saturated rings. The van der Waals surface area contributed by atoms with Gasteiger partial charge in [-0.2, -0.15) is 0 Å². The number of likely N-dealkylation sites (N-methyl/N-ethyl adjacent to an activating group) is 1. The number of fused-ring (bicyclic) bond motifs is 1. The fraction of sp³-hybridized carbons (Fsp3) is 0.273. The Hall–Kier alpha value is -3.52. The molecule has 3 aromatic rings. The minimum Gasteiger partial charge on any atom is -0.326 e. The van der Waals surface area contributed by atoms with Gasteiger partial charge in [0.15, 0.2) is 0 Å². The number of pyridine rings is 1. The van der Waals surface area contributed by atoms with Crippen molar-refractivity contribution < 1.29 is 9.59 Å². The summed E-state index contributed by atoms with van der Waals surface area (Å²) in [5, 5.41) is 5.52. The van der Waals surface area contributed by atoms with Crippen molar-refractivity contribution >= 4 is 28.8 Å². The number of nitrogens with one attached hydrogen (secondary N) is 2. The summed E-state index contributed by atoms with van der Waals surface area (Å²) in [5.74, 6) is -0.319.